The molecule has 0 saturated carbocycles. The van der Waals surface area contributed by atoms with Gasteiger partial charge in [-0.2, -0.15) is 0 Å². The second kappa shape index (κ2) is 9.95. The summed E-state index contributed by atoms with van der Waals surface area (Å²) in [5.41, 5.74) is 2.94. The van der Waals surface area contributed by atoms with Crippen LogP contribution in [0, 0.1) is 6.92 Å². The number of aryl methyl sites for hydroxylation is 1. The van der Waals surface area contributed by atoms with Crippen LogP contribution in [-0.2, 0) is 31.7 Å². The highest BCUT2D eigenvalue weighted by atomic mass is 32.2. The summed E-state index contributed by atoms with van der Waals surface area (Å²) in [5, 5.41) is 2.85. The Morgan fingerprint density at radius 1 is 1.09 bits per heavy atom. The van der Waals surface area contributed by atoms with Crippen molar-refractivity contribution in [1.29, 1.82) is 0 Å². The molecule has 2 amide bonds. The van der Waals surface area contributed by atoms with Gasteiger partial charge in [0.15, 0.2) is 9.84 Å². The number of hydrogen-bond acceptors (Lipinski definition) is 5. The fraction of sp³-hybridized carbons (Fsp3) is 0.348. The van der Waals surface area contributed by atoms with E-state index in [0.29, 0.717) is 35.5 Å². The fourth-order valence-corrected chi connectivity index (χ4v) is 4.21. The molecular formula is C23H28N4O4S. The maximum atomic E-state index is 13.2. The molecule has 170 valence electrons. The molecule has 9 heteroatoms. The van der Waals surface area contributed by atoms with Crippen LogP contribution in [0.5, 0.6) is 0 Å². The lowest BCUT2D eigenvalue weighted by atomic mass is 10.2. The van der Waals surface area contributed by atoms with E-state index >= 15 is 0 Å². The summed E-state index contributed by atoms with van der Waals surface area (Å²) < 4.78 is 25.4. The standard InChI is InChI=1S/C23H28N4O4S/c1-4-13-26(14-22(28)25-18-10-6-5-9-17(18)2)23(29)15-27-20-12-8-7-11-19(20)24-21(27)16-32(3,30)31/h5-12H,4,13-16H2,1-3H3,(H,25,28). The van der Waals surface area contributed by atoms with Crippen molar-refractivity contribution in [1.82, 2.24) is 14.5 Å². The molecule has 8 nitrogen and oxygen atoms in total. The van der Waals surface area contributed by atoms with Crippen molar-refractivity contribution in [2.24, 2.45) is 0 Å². The molecule has 0 saturated heterocycles. The first kappa shape index (κ1) is 23.5. The molecule has 0 spiro atoms. The minimum Gasteiger partial charge on any atom is -0.332 e. The van der Waals surface area contributed by atoms with Gasteiger partial charge in [-0.15, -0.1) is 0 Å². The number of carbonyl (C=O) groups is 2. The summed E-state index contributed by atoms with van der Waals surface area (Å²) in [6, 6.07) is 14.6. The summed E-state index contributed by atoms with van der Waals surface area (Å²) in [7, 11) is -3.34. The topological polar surface area (TPSA) is 101 Å². The zero-order chi connectivity index (χ0) is 23.3. The van der Waals surface area contributed by atoms with Crippen molar-refractivity contribution < 1.29 is 18.0 Å². The second-order valence-electron chi connectivity index (χ2n) is 7.85. The number of fused-ring (bicyclic) bond motifs is 1. The maximum Gasteiger partial charge on any atom is 0.244 e. The highest BCUT2D eigenvalue weighted by molar-refractivity contribution is 7.89. The van der Waals surface area contributed by atoms with Crippen molar-refractivity contribution in [3.63, 3.8) is 0 Å². The van der Waals surface area contributed by atoms with Crippen LogP contribution >= 0.6 is 0 Å². The smallest absolute Gasteiger partial charge is 0.244 e. The number of nitrogens with one attached hydrogen (secondary N) is 1. The van der Waals surface area contributed by atoms with Gasteiger partial charge in [0, 0.05) is 18.5 Å². The van der Waals surface area contributed by atoms with Gasteiger partial charge in [0.2, 0.25) is 11.8 Å². The van der Waals surface area contributed by atoms with Crippen LogP contribution < -0.4 is 5.32 Å². The number of nitrogens with zero attached hydrogens (tertiary/aromatic N) is 3. The lowest BCUT2D eigenvalue weighted by molar-refractivity contribution is -0.135. The predicted octanol–water partition coefficient (Wildman–Crippen LogP) is 2.77. The van der Waals surface area contributed by atoms with Gasteiger partial charge >= 0.3 is 0 Å². The number of amides is 2. The quantitative estimate of drug-likeness (QED) is 0.534. The molecule has 0 aliphatic heterocycles. The maximum absolute atomic E-state index is 13.2. The third-order valence-electron chi connectivity index (χ3n) is 5.02. The number of carbonyl (C=O) groups excluding carboxylic acids is 2. The number of anilines is 1. The Kier molecular flexibility index (Phi) is 7.29. The third kappa shape index (κ3) is 5.94. The van der Waals surface area contributed by atoms with Crippen LogP contribution in [0.3, 0.4) is 0 Å². The van der Waals surface area contributed by atoms with E-state index in [0.717, 1.165) is 11.8 Å². The zero-order valence-electron chi connectivity index (χ0n) is 18.5. The highest BCUT2D eigenvalue weighted by Crippen LogP contribution is 2.18. The monoisotopic (exact) mass is 456 g/mol. The summed E-state index contributed by atoms with van der Waals surface area (Å²) in [6.07, 6.45) is 1.82. The van der Waals surface area contributed by atoms with E-state index in [2.05, 4.69) is 10.3 Å². The molecule has 32 heavy (non-hydrogen) atoms. The minimum atomic E-state index is -3.34. The van der Waals surface area contributed by atoms with Crippen molar-refractivity contribution >= 4 is 38.4 Å². The SMILES string of the molecule is CCCN(CC(=O)Nc1ccccc1C)C(=O)Cn1c(CS(C)(=O)=O)nc2ccccc21. The first-order chi connectivity index (χ1) is 15.2. The van der Waals surface area contributed by atoms with E-state index < -0.39 is 9.84 Å². The highest BCUT2D eigenvalue weighted by Gasteiger charge is 2.21. The summed E-state index contributed by atoms with van der Waals surface area (Å²) >= 11 is 0. The molecule has 3 aromatic rings. The number of sulfone groups is 1. The minimum absolute atomic E-state index is 0.0882. The molecule has 0 aliphatic carbocycles. The van der Waals surface area contributed by atoms with E-state index in [9.17, 15) is 18.0 Å². The van der Waals surface area contributed by atoms with Crippen molar-refractivity contribution in [3.05, 3.63) is 59.9 Å². The molecule has 1 N–H and O–H groups in total. The summed E-state index contributed by atoms with van der Waals surface area (Å²) in [5.74, 6) is -0.517. The van der Waals surface area contributed by atoms with E-state index in [1.165, 1.54) is 4.90 Å². The Bertz CT molecular complexity index is 1230. The summed E-state index contributed by atoms with van der Waals surface area (Å²) in [4.78, 5) is 31.7. The molecule has 0 bridgehead atoms. The number of rotatable bonds is 9. The van der Waals surface area contributed by atoms with Gasteiger partial charge in [0.05, 0.1) is 17.6 Å². The molecule has 3 rings (SSSR count). The van der Waals surface area contributed by atoms with E-state index in [4.69, 9.17) is 0 Å². The molecule has 0 fully saturated rings. The number of benzene rings is 2. The van der Waals surface area contributed by atoms with Gasteiger partial charge in [0.25, 0.3) is 0 Å². The molecule has 2 aromatic carbocycles. The Balaban J connectivity index is 1.81. The first-order valence-corrected chi connectivity index (χ1v) is 12.5. The molecule has 0 unspecified atom stereocenters. The average Bonchev–Trinajstić information content (AvgIpc) is 3.04. The fourth-order valence-electron chi connectivity index (χ4n) is 3.52. The van der Waals surface area contributed by atoms with E-state index in [1.807, 2.05) is 50.2 Å². The summed E-state index contributed by atoms with van der Waals surface area (Å²) in [6.45, 7) is 4.06. The molecule has 1 heterocycles. The normalized spacial score (nSPS) is 11.5. The molecule has 0 aliphatic rings. The molecule has 0 radical (unpaired) electrons. The van der Waals surface area contributed by atoms with Crippen molar-refractivity contribution in [2.75, 3.05) is 24.7 Å². The van der Waals surface area contributed by atoms with Gasteiger partial charge in [-0.3, -0.25) is 9.59 Å². The number of imidazole rings is 1. The third-order valence-corrected chi connectivity index (χ3v) is 5.80. The average molecular weight is 457 g/mol. The second-order valence-corrected chi connectivity index (χ2v) is 9.99. The van der Waals surface area contributed by atoms with Crippen LogP contribution in [-0.4, -0.2) is 54.0 Å². The van der Waals surface area contributed by atoms with Crippen LogP contribution in [0.4, 0.5) is 5.69 Å². The van der Waals surface area contributed by atoms with Crippen LogP contribution in [0.1, 0.15) is 24.7 Å². The van der Waals surface area contributed by atoms with Crippen LogP contribution in [0.15, 0.2) is 48.5 Å². The Morgan fingerprint density at radius 2 is 1.78 bits per heavy atom. The molecular weight excluding hydrogens is 428 g/mol. The van der Waals surface area contributed by atoms with Gasteiger partial charge in [-0.05, 0) is 37.1 Å². The number of hydrogen-bond donors (Lipinski definition) is 1. The molecule has 0 atom stereocenters. The largest absolute Gasteiger partial charge is 0.332 e. The first-order valence-electron chi connectivity index (χ1n) is 10.4. The lowest BCUT2D eigenvalue weighted by Gasteiger charge is -2.23. The Labute approximate surface area is 188 Å². The van der Waals surface area contributed by atoms with Crippen molar-refractivity contribution in [2.45, 2.75) is 32.6 Å². The van der Waals surface area contributed by atoms with Crippen LogP contribution in [0.25, 0.3) is 11.0 Å². The Morgan fingerprint density at radius 3 is 2.47 bits per heavy atom. The predicted molar refractivity (Wildman–Crippen MR) is 125 cm³/mol. The zero-order valence-corrected chi connectivity index (χ0v) is 19.4. The van der Waals surface area contributed by atoms with Crippen LogP contribution in [0.2, 0.25) is 0 Å². The van der Waals surface area contributed by atoms with Gasteiger partial charge < -0.3 is 14.8 Å². The van der Waals surface area contributed by atoms with E-state index in [-0.39, 0.29) is 30.7 Å². The Hall–Kier alpha value is -3.20. The van der Waals surface area contributed by atoms with Gasteiger partial charge in [0.1, 0.15) is 18.1 Å². The lowest BCUT2D eigenvalue weighted by Crippen LogP contribution is -2.40. The van der Waals surface area contributed by atoms with Gasteiger partial charge in [-0.25, -0.2) is 13.4 Å². The number of aromatic nitrogens is 2. The van der Waals surface area contributed by atoms with Crippen molar-refractivity contribution in [3.8, 4) is 0 Å². The number of para-hydroxylation sites is 3. The molecule has 1 aromatic heterocycles. The van der Waals surface area contributed by atoms with Gasteiger partial charge in [-0.1, -0.05) is 37.3 Å². The van der Waals surface area contributed by atoms with E-state index in [1.54, 1.807) is 16.7 Å².